The lowest BCUT2D eigenvalue weighted by atomic mass is 10.1. The van der Waals surface area contributed by atoms with Gasteiger partial charge in [0.15, 0.2) is 11.5 Å². The standard InChI is InChI=1S/C16H22N2O3.ClH/c1-4-9-21-14-6-5-13(10-15(14)20-3)16(19)18-8-7-17-11-12(18)2;/h4-6,10,12,17H,1,7-9,11H2,2-3H3;1H/t12-;/m0./s1. The first kappa shape index (κ1) is 18.3. The molecule has 5 nitrogen and oxygen atoms in total. The lowest BCUT2D eigenvalue weighted by Gasteiger charge is -2.34. The zero-order valence-electron chi connectivity index (χ0n) is 13.0. The molecule has 1 saturated heterocycles. The van der Waals surface area contributed by atoms with Gasteiger partial charge in [-0.15, -0.1) is 12.4 Å². The number of nitrogens with one attached hydrogen (secondary N) is 1. The number of piperazine rings is 1. The number of hydrogen-bond acceptors (Lipinski definition) is 4. The van der Waals surface area contributed by atoms with Crippen molar-refractivity contribution in [2.45, 2.75) is 13.0 Å². The highest BCUT2D eigenvalue weighted by atomic mass is 35.5. The van der Waals surface area contributed by atoms with E-state index >= 15 is 0 Å². The maximum absolute atomic E-state index is 12.6. The molecule has 1 aromatic carbocycles. The van der Waals surface area contributed by atoms with Gasteiger partial charge in [0.1, 0.15) is 6.61 Å². The molecule has 2 rings (SSSR count). The van der Waals surface area contributed by atoms with Crippen LogP contribution in [0.1, 0.15) is 17.3 Å². The highest BCUT2D eigenvalue weighted by Crippen LogP contribution is 2.28. The van der Waals surface area contributed by atoms with Crippen molar-refractivity contribution < 1.29 is 14.3 Å². The average Bonchev–Trinajstić information content (AvgIpc) is 2.52. The number of benzene rings is 1. The molecule has 122 valence electrons. The van der Waals surface area contributed by atoms with Gasteiger partial charge in [-0.2, -0.15) is 0 Å². The fraction of sp³-hybridized carbons (Fsp3) is 0.438. The predicted molar refractivity (Wildman–Crippen MR) is 89.3 cm³/mol. The van der Waals surface area contributed by atoms with E-state index in [1.54, 1.807) is 31.4 Å². The van der Waals surface area contributed by atoms with Crippen molar-refractivity contribution in [1.82, 2.24) is 10.2 Å². The minimum absolute atomic E-state index is 0. The Balaban J connectivity index is 0.00000242. The van der Waals surface area contributed by atoms with E-state index in [4.69, 9.17) is 9.47 Å². The van der Waals surface area contributed by atoms with Crippen LogP contribution in [-0.2, 0) is 0 Å². The van der Waals surface area contributed by atoms with Crippen LogP contribution >= 0.6 is 12.4 Å². The molecule has 1 N–H and O–H groups in total. The van der Waals surface area contributed by atoms with Crippen molar-refractivity contribution in [3.63, 3.8) is 0 Å². The Morgan fingerprint density at radius 1 is 1.50 bits per heavy atom. The van der Waals surface area contributed by atoms with E-state index < -0.39 is 0 Å². The summed E-state index contributed by atoms with van der Waals surface area (Å²) >= 11 is 0. The first-order chi connectivity index (χ1) is 10.2. The molecule has 0 radical (unpaired) electrons. The molecular formula is C16H23ClN2O3. The lowest BCUT2D eigenvalue weighted by Crippen LogP contribution is -2.52. The molecule has 22 heavy (non-hydrogen) atoms. The molecule has 0 bridgehead atoms. The van der Waals surface area contributed by atoms with Crippen LogP contribution in [0.2, 0.25) is 0 Å². The van der Waals surface area contributed by atoms with Crippen LogP contribution in [-0.4, -0.2) is 50.2 Å². The molecule has 0 spiro atoms. The van der Waals surface area contributed by atoms with Crippen molar-refractivity contribution in [2.24, 2.45) is 0 Å². The van der Waals surface area contributed by atoms with Crippen molar-refractivity contribution in [3.8, 4) is 11.5 Å². The Bertz CT molecular complexity index is 522. The lowest BCUT2D eigenvalue weighted by molar-refractivity contribution is 0.0655. The number of ether oxygens (including phenoxy) is 2. The summed E-state index contributed by atoms with van der Waals surface area (Å²) in [6.45, 7) is 8.43. The van der Waals surface area contributed by atoms with Crippen LogP contribution in [0.4, 0.5) is 0 Å². The van der Waals surface area contributed by atoms with Gasteiger partial charge in [0.2, 0.25) is 0 Å². The normalized spacial score (nSPS) is 17.4. The largest absolute Gasteiger partial charge is 0.493 e. The van der Waals surface area contributed by atoms with Crippen LogP contribution in [0.25, 0.3) is 0 Å². The minimum atomic E-state index is 0. The van der Waals surface area contributed by atoms with Crippen LogP contribution in [0.5, 0.6) is 11.5 Å². The predicted octanol–water partition coefficient (Wildman–Crippen LogP) is 2.12. The van der Waals surface area contributed by atoms with Gasteiger partial charge in [-0.3, -0.25) is 4.79 Å². The van der Waals surface area contributed by atoms with E-state index in [-0.39, 0.29) is 24.4 Å². The number of nitrogens with zero attached hydrogens (tertiary/aromatic N) is 1. The van der Waals surface area contributed by atoms with Gasteiger partial charge in [0, 0.05) is 31.2 Å². The fourth-order valence-corrected chi connectivity index (χ4v) is 2.38. The maximum Gasteiger partial charge on any atom is 0.254 e. The van der Waals surface area contributed by atoms with Gasteiger partial charge in [-0.25, -0.2) is 0 Å². The third-order valence-corrected chi connectivity index (χ3v) is 3.53. The molecule has 1 aliphatic rings. The maximum atomic E-state index is 12.6. The molecule has 0 saturated carbocycles. The molecular weight excluding hydrogens is 304 g/mol. The zero-order chi connectivity index (χ0) is 15.2. The van der Waals surface area contributed by atoms with Crippen molar-refractivity contribution in [3.05, 3.63) is 36.4 Å². The molecule has 1 fully saturated rings. The second-order valence-corrected chi connectivity index (χ2v) is 5.02. The first-order valence-corrected chi connectivity index (χ1v) is 7.10. The molecule has 6 heteroatoms. The molecule has 1 heterocycles. The number of carbonyl (C=O) groups excluding carboxylic acids is 1. The summed E-state index contributed by atoms with van der Waals surface area (Å²) < 4.78 is 10.8. The first-order valence-electron chi connectivity index (χ1n) is 7.10. The molecule has 0 unspecified atom stereocenters. The van der Waals surface area contributed by atoms with E-state index in [0.717, 1.165) is 19.6 Å². The van der Waals surface area contributed by atoms with E-state index in [2.05, 4.69) is 11.9 Å². The van der Waals surface area contributed by atoms with Crippen molar-refractivity contribution in [1.29, 1.82) is 0 Å². The van der Waals surface area contributed by atoms with Crippen LogP contribution in [0, 0.1) is 0 Å². The van der Waals surface area contributed by atoms with Crippen LogP contribution < -0.4 is 14.8 Å². The van der Waals surface area contributed by atoms with Gasteiger partial charge in [-0.05, 0) is 25.1 Å². The summed E-state index contributed by atoms with van der Waals surface area (Å²) in [6, 6.07) is 5.46. The second-order valence-electron chi connectivity index (χ2n) is 5.02. The highest BCUT2D eigenvalue weighted by Gasteiger charge is 2.24. The van der Waals surface area contributed by atoms with Gasteiger partial charge in [0.25, 0.3) is 5.91 Å². The molecule has 0 aliphatic carbocycles. The van der Waals surface area contributed by atoms with Crippen molar-refractivity contribution in [2.75, 3.05) is 33.4 Å². The molecule has 1 aliphatic heterocycles. The zero-order valence-corrected chi connectivity index (χ0v) is 13.8. The third kappa shape index (κ3) is 4.15. The number of amides is 1. The number of hydrogen-bond donors (Lipinski definition) is 1. The van der Waals surface area contributed by atoms with Gasteiger partial charge in [-0.1, -0.05) is 12.7 Å². The van der Waals surface area contributed by atoms with E-state index in [9.17, 15) is 4.79 Å². The smallest absolute Gasteiger partial charge is 0.254 e. The summed E-state index contributed by atoms with van der Waals surface area (Å²) in [6.07, 6.45) is 1.67. The summed E-state index contributed by atoms with van der Waals surface area (Å²) in [4.78, 5) is 14.5. The van der Waals surface area contributed by atoms with E-state index in [1.165, 1.54) is 0 Å². The summed E-state index contributed by atoms with van der Waals surface area (Å²) in [5, 5.41) is 3.28. The van der Waals surface area contributed by atoms with Crippen molar-refractivity contribution >= 4 is 18.3 Å². The SMILES string of the molecule is C=CCOc1ccc(C(=O)N2CCNC[C@@H]2C)cc1OC.Cl. The number of rotatable bonds is 5. The number of halogens is 1. The van der Waals surface area contributed by atoms with Gasteiger partial charge in [0.05, 0.1) is 7.11 Å². The van der Waals surface area contributed by atoms with Crippen LogP contribution in [0.15, 0.2) is 30.9 Å². The topological polar surface area (TPSA) is 50.8 Å². The Labute approximate surface area is 137 Å². The number of carbonyl (C=O) groups is 1. The Hall–Kier alpha value is -1.72. The van der Waals surface area contributed by atoms with Gasteiger partial charge < -0.3 is 19.7 Å². The summed E-state index contributed by atoms with van der Waals surface area (Å²) in [5.41, 5.74) is 0.617. The quantitative estimate of drug-likeness (QED) is 0.842. The monoisotopic (exact) mass is 326 g/mol. The van der Waals surface area contributed by atoms with E-state index in [1.807, 2.05) is 11.8 Å². The highest BCUT2D eigenvalue weighted by molar-refractivity contribution is 5.95. The Morgan fingerprint density at radius 3 is 2.91 bits per heavy atom. The summed E-state index contributed by atoms with van der Waals surface area (Å²) in [7, 11) is 1.57. The second kappa shape index (κ2) is 8.66. The Kier molecular flexibility index (Phi) is 7.21. The summed E-state index contributed by atoms with van der Waals surface area (Å²) in [5.74, 6) is 1.20. The fourth-order valence-electron chi connectivity index (χ4n) is 2.38. The molecule has 1 aromatic rings. The van der Waals surface area contributed by atoms with Gasteiger partial charge >= 0.3 is 0 Å². The third-order valence-electron chi connectivity index (χ3n) is 3.53. The van der Waals surface area contributed by atoms with Crippen LogP contribution in [0.3, 0.4) is 0 Å². The molecule has 1 atom stereocenters. The molecule has 1 amide bonds. The minimum Gasteiger partial charge on any atom is -0.493 e. The Morgan fingerprint density at radius 2 is 2.27 bits per heavy atom. The van der Waals surface area contributed by atoms with E-state index in [0.29, 0.717) is 23.7 Å². The number of methoxy groups -OCH3 is 1. The molecule has 0 aromatic heterocycles. The average molecular weight is 327 g/mol.